The van der Waals surface area contributed by atoms with Crippen LogP contribution in [0.1, 0.15) is 46.2 Å². The van der Waals surface area contributed by atoms with Gasteiger partial charge in [0.05, 0.1) is 6.04 Å². The third kappa shape index (κ3) is 4.99. The van der Waals surface area contributed by atoms with Gasteiger partial charge in [0.15, 0.2) is 0 Å². The Labute approximate surface area is 114 Å². The van der Waals surface area contributed by atoms with Gasteiger partial charge in [-0.05, 0) is 40.7 Å². The zero-order chi connectivity index (χ0) is 14.6. The van der Waals surface area contributed by atoms with Gasteiger partial charge in [0.1, 0.15) is 5.82 Å². The predicted octanol–water partition coefficient (Wildman–Crippen LogP) is 2.78. The van der Waals surface area contributed by atoms with Gasteiger partial charge in [0, 0.05) is 17.1 Å². The van der Waals surface area contributed by atoms with Crippen LogP contribution in [0.4, 0.5) is 4.39 Å². The van der Waals surface area contributed by atoms with Crippen molar-refractivity contribution in [3.05, 3.63) is 35.6 Å². The van der Waals surface area contributed by atoms with Crippen molar-refractivity contribution in [3.63, 3.8) is 0 Å². The minimum atomic E-state index is -0.381. The molecule has 0 aliphatic rings. The SMILES string of the molecule is C[C@H](N[C@@H](C)c1ccccc1F)C(=O)NC(C)(C)C. The normalized spacial score (nSPS) is 14.8. The molecule has 0 spiro atoms. The maximum atomic E-state index is 13.6. The van der Waals surface area contributed by atoms with E-state index in [1.165, 1.54) is 6.07 Å². The molecule has 4 heteroatoms. The highest BCUT2D eigenvalue weighted by Crippen LogP contribution is 2.16. The molecule has 0 heterocycles. The molecule has 0 aromatic heterocycles. The number of carbonyl (C=O) groups is 1. The molecule has 1 rings (SSSR count). The van der Waals surface area contributed by atoms with E-state index in [4.69, 9.17) is 0 Å². The number of nitrogens with one attached hydrogen (secondary N) is 2. The zero-order valence-corrected chi connectivity index (χ0v) is 12.3. The van der Waals surface area contributed by atoms with Crippen molar-refractivity contribution < 1.29 is 9.18 Å². The van der Waals surface area contributed by atoms with Crippen LogP contribution < -0.4 is 10.6 Å². The lowest BCUT2D eigenvalue weighted by Gasteiger charge is -2.25. The Bertz CT molecular complexity index is 440. The van der Waals surface area contributed by atoms with E-state index in [2.05, 4.69) is 10.6 Å². The Balaban J connectivity index is 2.64. The van der Waals surface area contributed by atoms with E-state index in [1.807, 2.05) is 27.7 Å². The van der Waals surface area contributed by atoms with Crippen LogP contribution in [0.15, 0.2) is 24.3 Å². The van der Waals surface area contributed by atoms with Crippen molar-refractivity contribution in [3.8, 4) is 0 Å². The fourth-order valence-electron chi connectivity index (χ4n) is 1.84. The molecule has 0 saturated heterocycles. The lowest BCUT2D eigenvalue weighted by Crippen LogP contribution is -2.50. The average Bonchev–Trinajstić information content (AvgIpc) is 2.27. The van der Waals surface area contributed by atoms with Gasteiger partial charge >= 0.3 is 0 Å². The third-order valence-corrected chi connectivity index (χ3v) is 2.76. The topological polar surface area (TPSA) is 41.1 Å². The van der Waals surface area contributed by atoms with Gasteiger partial charge in [-0.25, -0.2) is 4.39 Å². The number of benzene rings is 1. The molecule has 0 fully saturated rings. The summed E-state index contributed by atoms with van der Waals surface area (Å²) >= 11 is 0. The summed E-state index contributed by atoms with van der Waals surface area (Å²) in [7, 11) is 0. The quantitative estimate of drug-likeness (QED) is 0.880. The summed E-state index contributed by atoms with van der Waals surface area (Å²) in [5.74, 6) is -0.346. The summed E-state index contributed by atoms with van der Waals surface area (Å²) < 4.78 is 13.6. The van der Waals surface area contributed by atoms with Gasteiger partial charge < -0.3 is 5.32 Å². The van der Waals surface area contributed by atoms with E-state index in [0.29, 0.717) is 5.56 Å². The fraction of sp³-hybridized carbons (Fsp3) is 0.533. The number of halogens is 1. The van der Waals surface area contributed by atoms with Crippen LogP contribution in [0, 0.1) is 5.82 Å². The zero-order valence-electron chi connectivity index (χ0n) is 12.3. The van der Waals surface area contributed by atoms with E-state index in [-0.39, 0.29) is 29.3 Å². The summed E-state index contributed by atoms with van der Waals surface area (Å²) in [6, 6.07) is 5.99. The molecular weight excluding hydrogens is 243 g/mol. The lowest BCUT2D eigenvalue weighted by molar-refractivity contribution is -0.124. The van der Waals surface area contributed by atoms with E-state index in [1.54, 1.807) is 25.1 Å². The molecule has 3 nitrogen and oxygen atoms in total. The molecule has 0 radical (unpaired) electrons. The van der Waals surface area contributed by atoms with Crippen LogP contribution in [-0.2, 0) is 4.79 Å². The van der Waals surface area contributed by atoms with Crippen molar-refractivity contribution >= 4 is 5.91 Å². The van der Waals surface area contributed by atoms with Gasteiger partial charge in [0.2, 0.25) is 5.91 Å². The van der Waals surface area contributed by atoms with Crippen molar-refractivity contribution in [2.45, 2.75) is 52.2 Å². The number of rotatable bonds is 4. The number of hydrogen-bond acceptors (Lipinski definition) is 2. The molecule has 0 aliphatic heterocycles. The Morgan fingerprint density at radius 1 is 1.21 bits per heavy atom. The summed E-state index contributed by atoms with van der Waals surface area (Å²) in [5, 5.41) is 6.00. The molecule has 1 amide bonds. The molecule has 2 atom stereocenters. The summed E-state index contributed by atoms with van der Waals surface area (Å²) in [4.78, 5) is 11.9. The molecule has 0 unspecified atom stereocenters. The van der Waals surface area contributed by atoms with Crippen molar-refractivity contribution in [1.29, 1.82) is 0 Å². The Morgan fingerprint density at radius 2 is 1.79 bits per heavy atom. The minimum Gasteiger partial charge on any atom is -0.350 e. The van der Waals surface area contributed by atoms with Crippen LogP contribution in [0.3, 0.4) is 0 Å². The summed E-state index contributed by atoms with van der Waals surface area (Å²) in [6.45, 7) is 9.41. The van der Waals surface area contributed by atoms with Gasteiger partial charge in [-0.2, -0.15) is 0 Å². The molecule has 2 N–H and O–H groups in total. The number of hydrogen-bond donors (Lipinski definition) is 2. The van der Waals surface area contributed by atoms with Crippen molar-refractivity contribution in [2.75, 3.05) is 0 Å². The van der Waals surface area contributed by atoms with Gasteiger partial charge in [-0.1, -0.05) is 18.2 Å². The number of carbonyl (C=O) groups excluding carboxylic acids is 1. The molecule has 1 aromatic carbocycles. The van der Waals surface area contributed by atoms with Crippen LogP contribution in [0.25, 0.3) is 0 Å². The maximum absolute atomic E-state index is 13.6. The second-order valence-corrected chi connectivity index (χ2v) is 5.87. The van der Waals surface area contributed by atoms with Crippen LogP contribution in [0.2, 0.25) is 0 Å². The smallest absolute Gasteiger partial charge is 0.237 e. The Kier molecular flexibility index (Phi) is 5.06. The van der Waals surface area contributed by atoms with Crippen molar-refractivity contribution in [2.24, 2.45) is 0 Å². The van der Waals surface area contributed by atoms with E-state index < -0.39 is 0 Å². The first-order valence-electron chi connectivity index (χ1n) is 6.53. The largest absolute Gasteiger partial charge is 0.350 e. The number of amides is 1. The fourth-order valence-corrected chi connectivity index (χ4v) is 1.84. The van der Waals surface area contributed by atoms with Crippen LogP contribution in [0.5, 0.6) is 0 Å². The van der Waals surface area contributed by atoms with Crippen molar-refractivity contribution in [1.82, 2.24) is 10.6 Å². The highest BCUT2D eigenvalue weighted by atomic mass is 19.1. The lowest BCUT2D eigenvalue weighted by atomic mass is 10.1. The van der Waals surface area contributed by atoms with Gasteiger partial charge in [-0.15, -0.1) is 0 Å². The highest BCUT2D eigenvalue weighted by Gasteiger charge is 2.21. The average molecular weight is 266 g/mol. The third-order valence-electron chi connectivity index (χ3n) is 2.76. The Morgan fingerprint density at radius 3 is 2.32 bits per heavy atom. The molecule has 106 valence electrons. The molecule has 19 heavy (non-hydrogen) atoms. The first kappa shape index (κ1) is 15.6. The predicted molar refractivity (Wildman–Crippen MR) is 75.3 cm³/mol. The molecule has 0 aliphatic carbocycles. The molecule has 0 bridgehead atoms. The summed E-state index contributed by atoms with van der Waals surface area (Å²) in [5.41, 5.74) is 0.298. The molecular formula is C15H23FN2O. The standard InChI is InChI=1S/C15H23FN2O/c1-10(12-8-6-7-9-13(12)16)17-11(2)14(19)18-15(3,4)5/h6-11,17H,1-5H3,(H,18,19)/t10-,11-/m0/s1. The Hall–Kier alpha value is -1.42. The molecule has 1 aromatic rings. The van der Waals surface area contributed by atoms with E-state index >= 15 is 0 Å². The second kappa shape index (κ2) is 6.15. The van der Waals surface area contributed by atoms with E-state index in [9.17, 15) is 9.18 Å². The maximum Gasteiger partial charge on any atom is 0.237 e. The first-order chi connectivity index (χ1) is 8.70. The first-order valence-corrected chi connectivity index (χ1v) is 6.53. The monoisotopic (exact) mass is 266 g/mol. The molecule has 0 saturated carbocycles. The van der Waals surface area contributed by atoms with E-state index in [0.717, 1.165) is 0 Å². The van der Waals surface area contributed by atoms with Gasteiger partial charge in [-0.3, -0.25) is 10.1 Å². The van der Waals surface area contributed by atoms with Crippen LogP contribution >= 0.6 is 0 Å². The van der Waals surface area contributed by atoms with Gasteiger partial charge in [0.25, 0.3) is 0 Å². The summed E-state index contributed by atoms with van der Waals surface area (Å²) in [6.07, 6.45) is 0. The minimum absolute atomic E-state index is 0.0873. The second-order valence-electron chi connectivity index (χ2n) is 5.87. The highest BCUT2D eigenvalue weighted by molar-refractivity contribution is 5.81. The van der Waals surface area contributed by atoms with Crippen LogP contribution in [-0.4, -0.2) is 17.5 Å².